The minimum Gasteiger partial charge on any atom is -0.493 e. The van der Waals surface area contributed by atoms with Crippen molar-refractivity contribution >= 4 is 5.91 Å². The SMILES string of the molecule is COc1cc(C)ccc1OCC(=O)N(Cc1ccc(F)cc1)C1CC1. The Labute approximate surface area is 147 Å². The standard InChI is InChI=1S/C20H22FNO3/c1-14-3-10-18(19(11-14)24-2)25-13-20(23)22(17-8-9-17)12-15-4-6-16(21)7-5-15/h3-7,10-11,17H,8-9,12-13H2,1-2H3. The fourth-order valence-corrected chi connectivity index (χ4v) is 2.71. The van der Waals surface area contributed by atoms with Gasteiger partial charge in [0.25, 0.3) is 5.91 Å². The van der Waals surface area contributed by atoms with E-state index < -0.39 is 0 Å². The van der Waals surface area contributed by atoms with Crippen LogP contribution in [0.3, 0.4) is 0 Å². The fourth-order valence-electron chi connectivity index (χ4n) is 2.71. The van der Waals surface area contributed by atoms with Crippen molar-refractivity contribution in [2.45, 2.75) is 32.4 Å². The Hall–Kier alpha value is -2.56. The van der Waals surface area contributed by atoms with Gasteiger partial charge in [-0.05, 0) is 55.2 Å². The van der Waals surface area contributed by atoms with Gasteiger partial charge in [0.05, 0.1) is 7.11 Å². The summed E-state index contributed by atoms with van der Waals surface area (Å²) in [7, 11) is 1.58. The van der Waals surface area contributed by atoms with E-state index in [0.717, 1.165) is 24.0 Å². The third-order valence-electron chi connectivity index (χ3n) is 4.24. The van der Waals surface area contributed by atoms with E-state index in [9.17, 15) is 9.18 Å². The molecule has 0 spiro atoms. The molecule has 0 bridgehead atoms. The average molecular weight is 343 g/mol. The zero-order valence-corrected chi connectivity index (χ0v) is 14.5. The summed E-state index contributed by atoms with van der Waals surface area (Å²) in [5.74, 6) is 0.820. The summed E-state index contributed by atoms with van der Waals surface area (Å²) in [6.07, 6.45) is 2.00. The molecule has 132 valence electrons. The molecule has 0 saturated heterocycles. The number of carbonyl (C=O) groups is 1. The first-order valence-electron chi connectivity index (χ1n) is 8.38. The average Bonchev–Trinajstić information content (AvgIpc) is 3.44. The molecule has 2 aromatic rings. The molecule has 0 radical (unpaired) electrons. The smallest absolute Gasteiger partial charge is 0.261 e. The van der Waals surface area contributed by atoms with Gasteiger partial charge in [-0.15, -0.1) is 0 Å². The summed E-state index contributed by atoms with van der Waals surface area (Å²) in [5, 5.41) is 0. The van der Waals surface area contributed by atoms with Gasteiger partial charge in [0.2, 0.25) is 0 Å². The van der Waals surface area contributed by atoms with Crippen molar-refractivity contribution in [3.8, 4) is 11.5 Å². The number of carbonyl (C=O) groups excluding carboxylic acids is 1. The normalized spacial score (nSPS) is 13.4. The number of aryl methyl sites for hydroxylation is 1. The van der Waals surface area contributed by atoms with E-state index in [1.54, 1.807) is 19.2 Å². The molecule has 0 unspecified atom stereocenters. The molecule has 0 aliphatic heterocycles. The summed E-state index contributed by atoms with van der Waals surface area (Å²) in [6.45, 7) is 2.39. The van der Waals surface area contributed by atoms with E-state index in [4.69, 9.17) is 9.47 Å². The number of nitrogens with zero attached hydrogens (tertiary/aromatic N) is 1. The fraction of sp³-hybridized carbons (Fsp3) is 0.350. The first-order chi connectivity index (χ1) is 12.1. The van der Waals surface area contributed by atoms with Gasteiger partial charge in [-0.25, -0.2) is 4.39 Å². The van der Waals surface area contributed by atoms with E-state index in [1.165, 1.54) is 12.1 Å². The van der Waals surface area contributed by atoms with Crippen LogP contribution in [0, 0.1) is 12.7 Å². The van der Waals surface area contributed by atoms with E-state index in [2.05, 4.69) is 0 Å². The van der Waals surface area contributed by atoms with Crippen molar-refractivity contribution in [1.29, 1.82) is 0 Å². The molecule has 1 amide bonds. The van der Waals surface area contributed by atoms with E-state index in [-0.39, 0.29) is 24.4 Å². The summed E-state index contributed by atoms with van der Waals surface area (Å²) < 4.78 is 24.0. The van der Waals surface area contributed by atoms with Crippen LogP contribution in [-0.2, 0) is 11.3 Å². The molecule has 0 N–H and O–H groups in total. The molecule has 0 heterocycles. The lowest BCUT2D eigenvalue weighted by atomic mass is 10.2. The minimum absolute atomic E-state index is 0.0445. The van der Waals surface area contributed by atoms with Crippen LogP contribution in [-0.4, -0.2) is 30.6 Å². The second-order valence-corrected chi connectivity index (χ2v) is 6.32. The van der Waals surface area contributed by atoms with Gasteiger partial charge in [0.1, 0.15) is 5.82 Å². The highest BCUT2D eigenvalue weighted by atomic mass is 19.1. The molecular formula is C20H22FNO3. The quantitative estimate of drug-likeness (QED) is 0.769. The zero-order valence-electron chi connectivity index (χ0n) is 14.5. The number of amides is 1. The second kappa shape index (κ2) is 7.55. The van der Waals surface area contributed by atoms with Crippen LogP contribution in [0.5, 0.6) is 11.5 Å². The third kappa shape index (κ3) is 4.50. The molecule has 1 aliphatic rings. The van der Waals surface area contributed by atoms with Crippen LogP contribution >= 0.6 is 0 Å². The number of halogens is 1. The van der Waals surface area contributed by atoms with E-state index in [1.807, 2.05) is 30.0 Å². The number of benzene rings is 2. The largest absolute Gasteiger partial charge is 0.493 e. The summed E-state index contributed by atoms with van der Waals surface area (Å²) in [6, 6.07) is 12.1. The Morgan fingerprint density at radius 2 is 1.88 bits per heavy atom. The first-order valence-corrected chi connectivity index (χ1v) is 8.38. The summed E-state index contributed by atoms with van der Waals surface area (Å²) in [4.78, 5) is 14.4. The van der Waals surface area contributed by atoms with Crippen LogP contribution < -0.4 is 9.47 Å². The van der Waals surface area contributed by atoms with Gasteiger partial charge in [0, 0.05) is 12.6 Å². The maximum absolute atomic E-state index is 13.0. The van der Waals surface area contributed by atoms with Gasteiger partial charge in [-0.1, -0.05) is 18.2 Å². The van der Waals surface area contributed by atoms with Gasteiger partial charge in [-0.3, -0.25) is 4.79 Å². The number of rotatable bonds is 7. The van der Waals surface area contributed by atoms with Crippen molar-refractivity contribution in [2.75, 3.05) is 13.7 Å². The van der Waals surface area contributed by atoms with Gasteiger partial charge in [-0.2, -0.15) is 0 Å². The molecule has 1 fully saturated rings. The molecule has 5 heteroatoms. The molecule has 2 aromatic carbocycles. The summed E-state index contributed by atoms with van der Waals surface area (Å²) >= 11 is 0. The van der Waals surface area contributed by atoms with Gasteiger partial charge < -0.3 is 14.4 Å². The molecule has 25 heavy (non-hydrogen) atoms. The Kier molecular flexibility index (Phi) is 5.22. The highest BCUT2D eigenvalue weighted by molar-refractivity contribution is 5.78. The topological polar surface area (TPSA) is 38.8 Å². The zero-order chi connectivity index (χ0) is 17.8. The van der Waals surface area contributed by atoms with Crippen molar-refractivity contribution in [3.63, 3.8) is 0 Å². The van der Waals surface area contributed by atoms with E-state index >= 15 is 0 Å². The first kappa shape index (κ1) is 17.3. The molecular weight excluding hydrogens is 321 g/mol. The number of hydrogen-bond acceptors (Lipinski definition) is 3. The number of ether oxygens (including phenoxy) is 2. The monoisotopic (exact) mass is 343 g/mol. The lowest BCUT2D eigenvalue weighted by molar-refractivity contribution is -0.134. The molecule has 3 rings (SSSR count). The lowest BCUT2D eigenvalue weighted by Crippen LogP contribution is -2.36. The highest BCUT2D eigenvalue weighted by Gasteiger charge is 2.32. The van der Waals surface area contributed by atoms with Crippen LogP contribution in [0.4, 0.5) is 4.39 Å². The minimum atomic E-state index is -0.275. The van der Waals surface area contributed by atoms with Crippen molar-refractivity contribution < 1.29 is 18.7 Å². The maximum Gasteiger partial charge on any atom is 0.261 e. The number of methoxy groups -OCH3 is 1. The summed E-state index contributed by atoms with van der Waals surface area (Å²) in [5.41, 5.74) is 1.97. The Bertz CT molecular complexity index is 741. The van der Waals surface area contributed by atoms with Crippen molar-refractivity contribution in [3.05, 3.63) is 59.4 Å². The molecule has 4 nitrogen and oxygen atoms in total. The predicted molar refractivity (Wildman–Crippen MR) is 93.2 cm³/mol. The van der Waals surface area contributed by atoms with Crippen molar-refractivity contribution in [1.82, 2.24) is 4.90 Å². The maximum atomic E-state index is 13.0. The third-order valence-corrected chi connectivity index (χ3v) is 4.24. The molecule has 1 aliphatic carbocycles. The van der Waals surface area contributed by atoms with Crippen LogP contribution in [0.15, 0.2) is 42.5 Å². The predicted octanol–water partition coefficient (Wildman–Crippen LogP) is 3.71. The second-order valence-electron chi connectivity index (χ2n) is 6.32. The molecule has 0 aromatic heterocycles. The van der Waals surface area contributed by atoms with Crippen LogP contribution in [0.2, 0.25) is 0 Å². The van der Waals surface area contributed by atoms with Gasteiger partial charge >= 0.3 is 0 Å². The highest BCUT2D eigenvalue weighted by Crippen LogP contribution is 2.30. The van der Waals surface area contributed by atoms with Crippen LogP contribution in [0.25, 0.3) is 0 Å². The molecule has 1 saturated carbocycles. The van der Waals surface area contributed by atoms with Gasteiger partial charge in [0.15, 0.2) is 18.1 Å². The van der Waals surface area contributed by atoms with Crippen LogP contribution in [0.1, 0.15) is 24.0 Å². The van der Waals surface area contributed by atoms with E-state index in [0.29, 0.717) is 18.0 Å². The molecule has 0 atom stereocenters. The lowest BCUT2D eigenvalue weighted by Gasteiger charge is -2.23. The Morgan fingerprint density at radius 1 is 1.16 bits per heavy atom. The number of hydrogen-bond donors (Lipinski definition) is 0. The Balaban J connectivity index is 1.64. The van der Waals surface area contributed by atoms with Crippen molar-refractivity contribution in [2.24, 2.45) is 0 Å². The Morgan fingerprint density at radius 3 is 2.52 bits per heavy atom.